The first-order valence-electron chi connectivity index (χ1n) is 11.8. The molecule has 0 spiro atoms. The van der Waals surface area contributed by atoms with E-state index in [1.54, 1.807) is 16.7 Å². The number of hydrogen-bond donors (Lipinski definition) is 2. The van der Waals surface area contributed by atoms with Gasteiger partial charge in [-0.1, -0.05) is 55.2 Å². The minimum atomic E-state index is -5.08. The van der Waals surface area contributed by atoms with Gasteiger partial charge in [-0.25, -0.2) is 9.78 Å². The minimum Gasteiger partial charge on any atom is -0.475 e. The van der Waals surface area contributed by atoms with Gasteiger partial charge in [0.2, 0.25) is 0 Å². The molecule has 2 heterocycles. The second-order valence-corrected chi connectivity index (χ2v) is 9.98. The van der Waals surface area contributed by atoms with E-state index in [-0.39, 0.29) is 11.6 Å². The Bertz CT molecular complexity index is 1530. The van der Waals surface area contributed by atoms with Crippen molar-refractivity contribution in [1.82, 2.24) is 14.1 Å². The van der Waals surface area contributed by atoms with Crippen LogP contribution in [0.3, 0.4) is 0 Å². The smallest absolute Gasteiger partial charge is 0.475 e. The molecule has 204 valence electrons. The highest BCUT2D eigenvalue weighted by Crippen LogP contribution is 2.31. The number of carboxylic acid groups (broad SMARTS) is 1. The maximum Gasteiger partial charge on any atom is 0.490 e. The van der Waals surface area contributed by atoms with E-state index in [4.69, 9.17) is 43.8 Å². The zero-order chi connectivity index (χ0) is 28.4. The van der Waals surface area contributed by atoms with E-state index in [1.807, 2.05) is 24.4 Å². The second kappa shape index (κ2) is 11.8. The Labute approximate surface area is 226 Å². The average Bonchev–Trinajstić information content (AvgIpc) is 3.20. The quantitative estimate of drug-likeness (QED) is 0.281. The fourth-order valence-electron chi connectivity index (χ4n) is 4.21. The molecule has 4 aromatic rings. The van der Waals surface area contributed by atoms with Gasteiger partial charge in [0, 0.05) is 41.8 Å². The SMILES string of the molecule is CCn1cc(-c2nc3cc(Cl)c(Cl)cc3n(CC(N)CC(C)C)c2=O)c2ccccc21.O=C(O)C(F)(F)F. The number of fused-ring (bicyclic) bond motifs is 2. The predicted octanol–water partition coefficient (Wildman–Crippen LogP) is 6.35. The molecule has 0 aliphatic carbocycles. The van der Waals surface area contributed by atoms with Crippen LogP contribution < -0.4 is 11.3 Å². The van der Waals surface area contributed by atoms with Crippen LogP contribution in [0, 0.1) is 5.92 Å². The van der Waals surface area contributed by atoms with E-state index >= 15 is 0 Å². The summed E-state index contributed by atoms with van der Waals surface area (Å²) in [5.74, 6) is -2.33. The Kier molecular flexibility index (Phi) is 9.12. The Morgan fingerprint density at radius 3 is 2.32 bits per heavy atom. The van der Waals surface area contributed by atoms with Gasteiger partial charge in [-0.15, -0.1) is 0 Å². The van der Waals surface area contributed by atoms with E-state index < -0.39 is 12.1 Å². The number of alkyl halides is 3. The number of carbonyl (C=O) groups is 1. The van der Waals surface area contributed by atoms with Gasteiger partial charge in [-0.05, 0) is 37.5 Å². The van der Waals surface area contributed by atoms with Crippen molar-refractivity contribution in [3.63, 3.8) is 0 Å². The Morgan fingerprint density at radius 1 is 1.13 bits per heavy atom. The molecule has 4 rings (SSSR count). The predicted molar refractivity (Wildman–Crippen MR) is 144 cm³/mol. The number of benzene rings is 2. The van der Waals surface area contributed by atoms with Gasteiger partial charge < -0.3 is 20.0 Å². The average molecular weight is 571 g/mol. The van der Waals surface area contributed by atoms with Crippen molar-refractivity contribution in [1.29, 1.82) is 0 Å². The number of nitrogens with zero attached hydrogens (tertiary/aromatic N) is 3. The molecule has 2 aromatic heterocycles. The minimum absolute atomic E-state index is 0.164. The second-order valence-electron chi connectivity index (χ2n) is 9.17. The largest absolute Gasteiger partial charge is 0.490 e. The maximum atomic E-state index is 13.7. The van der Waals surface area contributed by atoms with Crippen LogP contribution in [0.5, 0.6) is 0 Å². The highest BCUT2D eigenvalue weighted by Gasteiger charge is 2.38. The molecule has 0 bridgehead atoms. The first-order valence-corrected chi connectivity index (χ1v) is 12.5. The first kappa shape index (κ1) is 29.5. The molecule has 3 N–H and O–H groups in total. The van der Waals surface area contributed by atoms with E-state index in [1.165, 1.54) is 0 Å². The molecule has 0 aliphatic rings. The van der Waals surface area contributed by atoms with E-state index in [2.05, 4.69) is 31.4 Å². The first-order chi connectivity index (χ1) is 17.7. The van der Waals surface area contributed by atoms with Gasteiger partial charge in [0.1, 0.15) is 5.69 Å². The van der Waals surface area contributed by atoms with Crippen molar-refractivity contribution in [2.75, 3.05) is 0 Å². The zero-order valence-corrected chi connectivity index (χ0v) is 22.4. The molecule has 0 saturated heterocycles. The fraction of sp³-hybridized carbons (Fsp3) is 0.346. The highest BCUT2D eigenvalue weighted by atomic mass is 35.5. The van der Waals surface area contributed by atoms with Crippen LogP contribution >= 0.6 is 23.2 Å². The number of nitrogens with two attached hydrogens (primary N) is 1. The summed E-state index contributed by atoms with van der Waals surface area (Å²) >= 11 is 12.6. The molecular formula is C26H27Cl2F3N4O3. The molecule has 0 saturated carbocycles. The molecule has 1 unspecified atom stereocenters. The number of carboxylic acids is 1. The molecule has 0 fully saturated rings. The number of para-hydroxylation sites is 1. The van der Waals surface area contributed by atoms with Crippen molar-refractivity contribution in [3.05, 3.63) is 63.0 Å². The van der Waals surface area contributed by atoms with Gasteiger partial charge in [-0.2, -0.15) is 13.2 Å². The number of aromatic nitrogens is 3. The molecule has 0 amide bonds. The lowest BCUT2D eigenvalue weighted by molar-refractivity contribution is -0.192. The summed E-state index contributed by atoms with van der Waals surface area (Å²) in [4.78, 5) is 27.3. The van der Waals surface area contributed by atoms with Crippen LogP contribution in [0.15, 0.2) is 47.4 Å². The number of aryl methyl sites for hydroxylation is 1. The molecule has 12 heteroatoms. The summed E-state index contributed by atoms with van der Waals surface area (Å²) in [6, 6.07) is 11.3. The van der Waals surface area contributed by atoms with Gasteiger partial charge in [0.25, 0.3) is 5.56 Å². The number of hydrogen-bond acceptors (Lipinski definition) is 4. The van der Waals surface area contributed by atoms with E-state index in [9.17, 15) is 18.0 Å². The Balaban J connectivity index is 0.000000505. The summed E-state index contributed by atoms with van der Waals surface area (Å²) in [5.41, 5.74) is 9.75. The van der Waals surface area contributed by atoms with Gasteiger partial charge >= 0.3 is 12.1 Å². The standard InChI is InChI=1S/C24H26Cl2N4O.C2HF3O2/c1-4-29-13-17(16-7-5-6-8-21(16)29)23-24(31)30(12-15(27)9-14(2)3)22-11-19(26)18(25)10-20(22)28-23;3-2(4,5)1(6)7/h5-8,10-11,13-15H,4,9,12,27H2,1-3H3;(H,6,7). The van der Waals surface area contributed by atoms with Crippen LogP contribution in [-0.4, -0.2) is 37.4 Å². The third kappa shape index (κ3) is 6.48. The summed E-state index contributed by atoms with van der Waals surface area (Å²) in [7, 11) is 0. The fourth-order valence-corrected chi connectivity index (χ4v) is 4.52. The number of halogens is 5. The van der Waals surface area contributed by atoms with Crippen LogP contribution in [0.1, 0.15) is 27.2 Å². The third-order valence-corrected chi connectivity index (χ3v) is 6.53. The van der Waals surface area contributed by atoms with Crippen LogP contribution in [0.2, 0.25) is 10.0 Å². The van der Waals surface area contributed by atoms with Crippen molar-refractivity contribution in [2.45, 2.75) is 52.5 Å². The van der Waals surface area contributed by atoms with Crippen molar-refractivity contribution in [2.24, 2.45) is 11.7 Å². The van der Waals surface area contributed by atoms with E-state index in [0.717, 1.165) is 29.4 Å². The summed E-state index contributed by atoms with van der Waals surface area (Å²) < 4.78 is 35.6. The highest BCUT2D eigenvalue weighted by molar-refractivity contribution is 6.42. The molecule has 1 atom stereocenters. The molecule has 2 aromatic carbocycles. The Morgan fingerprint density at radius 2 is 1.74 bits per heavy atom. The van der Waals surface area contributed by atoms with Crippen LogP contribution in [0.25, 0.3) is 33.2 Å². The van der Waals surface area contributed by atoms with Crippen LogP contribution in [-0.2, 0) is 17.9 Å². The number of aliphatic carboxylic acids is 1. The van der Waals surface area contributed by atoms with Crippen molar-refractivity contribution in [3.8, 4) is 11.3 Å². The summed E-state index contributed by atoms with van der Waals surface area (Å²) in [6.07, 6.45) is -2.28. The lowest BCUT2D eigenvalue weighted by Crippen LogP contribution is -2.34. The normalized spacial score (nSPS) is 12.6. The molecular weight excluding hydrogens is 544 g/mol. The van der Waals surface area contributed by atoms with Crippen molar-refractivity contribution >= 4 is 51.1 Å². The monoisotopic (exact) mass is 570 g/mol. The van der Waals surface area contributed by atoms with Crippen LogP contribution in [0.4, 0.5) is 13.2 Å². The molecule has 0 radical (unpaired) electrons. The lowest BCUT2D eigenvalue weighted by Gasteiger charge is -2.18. The molecule has 7 nitrogen and oxygen atoms in total. The number of rotatable bonds is 6. The van der Waals surface area contributed by atoms with Crippen molar-refractivity contribution < 1.29 is 23.1 Å². The third-order valence-electron chi connectivity index (χ3n) is 5.81. The maximum absolute atomic E-state index is 13.7. The Hall–Kier alpha value is -3.08. The van der Waals surface area contributed by atoms with E-state index in [0.29, 0.717) is 39.2 Å². The summed E-state index contributed by atoms with van der Waals surface area (Å²) in [5, 5.41) is 8.91. The topological polar surface area (TPSA) is 103 Å². The molecule has 38 heavy (non-hydrogen) atoms. The lowest BCUT2D eigenvalue weighted by atomic mass is 10.0. The van der Waals surface area contributed by atoms with Gasteiger partial charge in [-0.3, -0.25) is 4.79 Å². The van der Waals surface area contributed by atoms with Gasteiger partial charge in [0.15, 0.2) is 0 Å². The molecule has 0 aliphatic heterocycles. The van der Waals surface area contributed by atoms with Gasteiger partial charge in [0.05, 0.1) is 21.1 Å². The zero-order valence-electron chi connectivity index (χ0n) is 20.9. The summed E-state index contributed by atoms with van der Waals surface area (Å²) in [6.45, 7) is 7.50.